The third-order valence-electron chi connectivity index (χ3n) is 3.52. The van der Waals surface area contributed by atoms with Crippen LogP contribution in [-0.4, -0.2) is 44.9 Å². The number of nitro benzene ring substituents is 1. The summed E-state index contributed by atoms with van der Waals surface area (Å²) < 4.78 is 0. The van der Waals surface area contributed by atoms with Crippen molar-refractivity contribution in [2.24, 2.45) is 0 Å². The van der Waals surface area contributed by atoms with Gasteiger partial charge in [0.1, 0.15) is 5.82 Å². The van der Waals surface area contributed by atoms with Crippen molar-refractivity contribution in [2.75, 3.05) is 24.2 Å². The highest BCUT2D eigenvalue weighted by Crippen LogP contribution is 2.26. The molecule has 0 aliphatic heterocycles. The molecule has 0 bridgehead atoms. The number of H-pyrrole nitrogens is 1. The number of carbonyl (C=O) groups is 1. The van der Waals surface area contributed by atoms with Gasteiger partial charge in [0.05, 0.1) is 21.4 Å². The first-order valence-electron chi connectivity index (χ1n) is 8.36. The van der Waals surface area contributed by atoms with Crippen LogP contribution in [0.25, 0.3) is 0 Å². The van der Waals surface area contributed by atoms with E-state index < -0.39 is 4.92 Å². The molecule has 0 radical (unpaired) electrons. The summed E-state index contributed by atoms with van der Waals surface area (Å²) in [5.41, 5.74) is 0.567. The maximum absolute atomic E-state index is 11.8. The minimum atomic E-state index is -0.495. The highest BCUT2D eigenvalue weighted by Gasteiger charge is 2.10. The summed E-state index contributed by atoms with van der Waals surface area (Å²) in [5.74, 6) is 1.22. The van der Waals surface area contributed by atoms with E-state index in [0.29, 0.717) is 30.4 Å². The molecular formula is C16H21ClN6O3S. The van der Waals surface area contributed by atoms with E-state index in [1.807, 2.05) is 13.8 Å². The van der Waals surface area contributed by atoms with Gasteiger partial charge >= 0.3 is 0 Å². The number of rotatable bonds is 10. The zero-order chi connectivity index (χ0) is 19.8. The largest absolute Gasteiger partial charge is 0.384 e. The van der Waals surface area contributed by atoms with Crippen LogP contribution in [0.2, 0.25) is 5.02 Å². The van der Waals surface area contributed by atoms with E-state index in [2.05, 4.69) is 25.8 Å². The molecule has 1 aromatic heterocycles. The molecule has 146 valence electrons. The maximum atomic E-state index is 11.8. The van der Waals surface area contributed by atoms with Gasteiger partial charge in [-0.1, -0.05) is 37.2 Å². The Morgan fingerprint density at radius 1 is 1.41 bits per heavy atom. The number of halogens is 1. The van der Waals surface area contributed by atoms with Gasteiger partial charge < -0.3 is 10.6 Å². The molecule has 0 saturated carbocycles. The van der Waals surface area contributed by atoms with Crippen molar-refractivity contribution in [3.05, 3.63) is 39.2 Å². The fraction of sp³-hybridized carbons (Fsp3) is 0.438. The monoisotopic (exact) mass is 412 g/mol. The molecule has 0 aliphatic rings. The van der Waals surface area contributed by atoms with Gasteiger partial charge in [0, 0.05) is 31.1 Å². The van der Waals surface area contributed by atoms with E-state index >= 15 is 0 Å². The number of carbonyl (C=O) groups excluding carboxylic acids is 1. The number of hydrogen-bond acceptors (Lipinski definition) is 7. The number of nitrogens with zero attached hydrogens (tertiary/aromatic N) is 3. The van der Waals surface area contributed by atoms with Crippen LogP contribution in [-0.2, 0) is 4.79 Å². The van der Waals surface area contributed by atoms with Crippen molar-refractivity contribution in [1.82, 2.24) is 20.5 Å². The number of non-ortho nitro benzene ring substituents is 1. The van der Waals surface area contributed by atoms with Crippen LogP contribution >= 0.6 is 23.4 Å². The number of anilines is 1. The van der Waals surface area contributed by atoms with Gasteiger partial charge in [0.15, 0.2) is 0 Å². The van der Waals surface area contributed by atoms with Gasteiger partial charge in [-0.2, -0.15) is 0 Å². The van der Waals surface area contributed by atoms with Crippen LogP contribution in [0, 0.1) is 10.1 Å². The molecule has 0 atom stereocenters. The average molecular weight is 413 g/mol. The quantitative estimate of drug-likeness (QED) is 0.237. The summed E-state index contributed by atoms with van der Waals surface area (Å²) in [5, 5.41) is 24.3. The van der Waals surface area contributed by atoms with Crippen molar-refractivity contribution >= 4 is 40.6 Å². The molecule has 0 unspecified atom stereocenters. The Kier molecular flexibility index (Phi) is 7.86. The van der Waals surface area contributed by atoms with Gasteiger partial charge in [-0.3, -0.25) is 20.0 Å². The lowest BCUT2D eigenvalue weighted by molar-refractivity contribution is -0.384. The number of nitro groups is 1. The number of benzene rings is 1. The Labute approximate surface area is 165 Å². The smallest absolute Gasteiger partial charge is 0.271 e. The Morgan fingerprint density at radius 3 is 2.81 bits per heavy atom. The number of aromatic amines is 1. The highest BCUT2D eigenvalue weighted by molar-refractivity contribution is 7.99. The lowest BCUT2D eigenvalue weighted by Crippen LogP contribution is -2.27. The molecule has 0 aliphatic carbocycles. The summed E-state index contributed by atoms with van der Waals surface area (Å²) in [4.78, 5) is 26.3. The maximum Gasteiger partial charge on any atom is 0.271 e. The summed E-state index contributed by atoms with van der Waals surface area (Å²) in [7, 11) is 0. The normalized spacial score (nSPS) is 10.8. The van der Waals surface area contributed by atoms with Crippen LogP contribution in [0.3, 0.4) is 0 Å². The van der Waals surface area contributed by atoms with E-state index in [-0.39, 0.29) is 28.3 Å². The number of amides is 1. The first kappa shape index (κ1) is 21.0. The molecule has 0 spiro atoms. The molecule has 3 N–H and O–H groups in total. The van der Waals surface area contributed by atoms with Gasteiger partial charge in [-0.05, 0) is 12.5 Å². The van der Waals surface area contributed by atoms with Crippen molar-refractivity contribution in [3.8, 4) is 0 Å². The van der Waals surface area contributed by atoms with E-state index in [1.165, 1.54) is 23.9 Å². The minimum absolute atomic E-state index is 0.0535. The third-order valence-corrected chi connectivity index (χ3v) is 4.68. The number of thioether (sulfide) groups is 1. The molecule has 0 fully saturated rings. The van der Waals surface area contributed by atoms with Gasteiger partial charge in [0.25, 0.3) is 5.69 Å². The Hall–Kier alpha value is -2.33. The standard InChI is InChI=1S/C16H21ClN6O3S/c1-10(2)15-20-16(22-21-15)27-9-14(24)19-7-3-6-18-13-5-4-11(23(25)26)8-12(13)17/h4-5,8,10,18H,3,6-7,9H2,1-2H3,(H,19,24)(H,20,21,22). The van der Waals surface area contributed by atoms with E-state index in [1.54, 1.807) is 6.07 Å². The van der Waals surface area contributed by atoms with Crippen LogP contribution in [0.15, 0.2) is 23.4 Å². The minimum Gasteiger partial charge on any atom is -0.384 e. The lowest BCUT2D eigenvalue weighted by atomic mass is 10.2. The summed E-state index contributed by atoms with van der Waals surface area (Å²) in [6.07, 6.45) is 0.682. The average Bonchev–Trinajstić information content (AvgIpc) is 3.10. The summed E-state index contributed by atoms with van der Waals surface area (Å²) >= 11 is 7.28. The second-order valence-electron chi connectivity index (χ2n) is 6.00. The molecule has 1 amide bonds. The highest BCUT2D eigenvalue weighted by atomic mass is 35.5. The van der Waals surface area contributed by atoms with Gasteiger partial charge in [0.2, 0.25) is 11.1 Å². The van der Waals surface area contributed by atoms with Crippen molar-refractivity contribution in [2.45, 2.75) is 31.3 Å². The molecule has 11 heteroatoms. The van der Waals surface area contributed by atoms with Gasteiger partial charge in [-0.15, -0.1) is 5.10 Å². The summed E-state index contributed by atoms with van der Waals surface area (Å²) in [6.45, 7) is 5.10. The van der Waals surface area contributed by atoms with Crippen LogP contribution in [0.4, 0.5) is 11.4 Å². The van der Waals surface area contributed by atoms with Crippen LogP contribution in [0.5, 0.6) is 0 Å². The predicted molar refractivity (Wildman–Crippen MR) is 105 cm³/mol. The number of aromatic nitrogens is 3. The second-order valence-corrected chi connectivity index (χ2v) is 7.35. The zero-order valence-electron chi connectivity index (χ0n) is 15.0. The fourth-order valence-electron chi connectivity index (χ4n) is 2.06. The second kappa shape index (κ2) is 10.1. The molecule has 27 heavy (non-hydrogen) atoms. The molecule has 9 nitrogen and oxygen atoms in total. The number of hydrogen-bond donors (Lipinski definition) is 3. The first-order chi connectivity index (χ1) is 12.9. The Bertz CT molecular complexity index is 798. The van der Waals surface area contributed by atoms with Crippen LogP contribution in [0.1, 0.15) is 32.0 Å². The molecule has 2 aromatic rings. The van der Waals surface area contributed by atoms with E-state index in [0.717, 1.165) is 5.82 Å². The van der Waals surface area contributed by atoms with Crippen molar-refractivity contribution < 1.29 is 9.72 Å². The lowest BCUT2D eigenvalue weighted by Gasteiger charge is -2.09. The molecule has 0 saturated heterocycles. The Balaban J connectivity index is 1.63. The Morgan fingerprint density at radius 2 is 2.19 bits per heavy atom. The first-order valence-corrected chi connectivity index (χ1v) is 9.72. The topological polar surface area (TPSA) is 126 Å². The number of nitrogens with one attached hydrogen (secondary N) is 3. The van der Waals surface area contributed by atoms with E-state index in [4.69, 9.17) is 11.6 Å². The molecule has 1 heterocycles. The SMILES string of the molecule is CC(C)c1nc(SCC(=O)NCCCNc2ccc([N+](=O)[O-])cc2Cl)n[nH]1. The predicted octanol–water partition coefficient (Wildman–Crippen LogP) is 3.20. The van der Waals surface area contributed by atoms with E-state index in [9.17, 15) is 14.9 Å². The van der Waals surface area contributed by atoms with Gasteiger partial charge in [-0.25, -0.2) is 4.98 Å². The molecule has 1 aromatic carbocycles. The zero-order valence-corrected chi connectivity index (χ0v) is 16.6. The third kappa shape index (κ3) is 6.72. The fourth-order valence-corrected chi connectivity index (χ4v) is 2.94. The summed E-state index contributed by atoms with van der Waals surface area (Å²) in [6, 6.07) is 4.26. The molecule has 2 rings (SSSR count). The van der Waals surface area contributed by atoms with Crippen molar-refractivity contribution in [1.29, 1.82) is 0 Å². The van der Waals surface area contributed by atoms with Crippen molar-refractivity contribution in [3.63, 3.8) is 0 Å². The van der Waals surface area contributed by atoms with Crippen LogP contribution < -0.4 is 10.6 Å². The molecular weight excluding hydrogens is 392 g/mol.